The van der Waals surface area contributed by atoms with Crippen molar-refractivity contribution < 1.29 is 4.79 Å². The van der Waals surface area contributed by atoms with Gasteiger partial charge in [-0.3, -0.25) is 4.79 Å². The van der Waals surface area contributed by atoms with Crippen LogP contribution in [0.5, 0.6) is 0 Å². The van der Waals surface area contributed by atoms with Crippen LogP contribution in [-0.2, 0) is 11.2 Å². The van der Waals surface area contributed by atoms with Crippen LogP contribution in [0, 0.1) is 6.92 Å². The molecule has 1 aliphatic heterocycles. The van der Waals surface area contributed by atoms with Gasteiger partial charge in [0.2, 0.25) is 5.91 Å². The Morgan fingerprint density at radius 1 is 1.22 bits per heavy atom. The highest BCUT2D eigenvalue weighted by Gasteiger charge is 2.23. The lowest BCUT2D eigenvalue weighted by atomic mass is 10.2. The molecule has 0 unspecified atom stereocenters. The van der Waals surface area contributed by atoms with Gasteiger partial charge in [-0.25, -0.2) is 9.97 Å². The van der Waals surface area contributed by atoms with Crippen molar-refractivity contribution in [2.75, 3.05) is 31.1 Å². The van der Waals surface area contributed by atoms with Gasteiger partial charge < -0.3 is 9.80 Å². The molecule has 3 rings (SSSR count). The molecule has 0 spiro atoms. The minimum absolute atomic E-state index is 0.278. The zero-order valence-electron chi connectivity index (χ0n) is 14.1. The van der Waals surface area contributed by atoms with Crippen LogP contribution in [0.1, 0.15) is 37.4 Å². The Bertz CT molecular complexity index is 704. The molecule has 1 aliphatic rings. The van der Waals surface area contributed by atoms with Crippen molar-refractivity contribution in [2.45, 2.75) is 40.0 Å². The number of anilines is 1. The summed E-state index contributed by atoms with van der Waals surface area (Å²) in [5.74, 6) is 2.13. The summed E-state index contributed by atoms with van der Waals surface area (Å²) in [5, 5.41) is 1.16. The van der Waals surface area contributed by atoms with E-state index in [1.165, 1.54) is 4.88 Å². The summed E-state index contributed by atoms with van der Waals surface area (Å²) in [5.41, 5.74) is 0. The topological polar surface area (TPSA) is 49.3 Å². The van der Waals surface area contributed by atoms with Gasteiger partial charge in [0.1, 0.15) is 16.5 Å². The van der Waals surface area contributed by atoms with Gasteiger partial charge in [-0.2, -0.15) is 0 Å². The highest BCUT2D eigenvalue weighted by Crippen LogP contribution is 2.31. The molecule has 0 atom stereocenters. The minimum Gasteiger partial charge on any atom is -0.352 e. The molecule has 124 valence electrons. The first-order chi connectivity index (χ1) is 11.1. The number of rotatable bonds is 4. The third-order valence-corrected chi connectivity index (χ3v) is 5.45. The smallest absolute Gasteiger partial charge is 0.222 e. The van der Waals surface area contributed by atoms with E-state index in [-0.39, 0.29) is 5.91 Å². The summed E-state index contributed by atoms with van der Waals surface area (Å²) in [7, 11) is 0. The second-order valence-corrected chi connectivity index (χ2v) is 7.11. The van der Waals surface area contributed by atoms with E-state index in [9.17, 15) is 4.79 Å². The number of nitrogens with zero attached hydrogens (tertiary/aromatic N) is 4. The SMILES string of the molecule is CCCC(=O)N1CCN(c2nc(C)nc3sc(CC)cc23)CC1. The van der Waals surface area contributed by atoms with E-state index in [0.717, 1.165) is 60.9 Å². The zero-order chi connectivity index (χ0) is 16.4. The monoisotopic (exact) mass is 332 g/mol. The first-order valence-corrected chi connectivity index (χ1v) is 9.23. The van der Waals surface area contributed by atoms with E-state index in [1.54, 1.807) is 11.3 Å². The Balaban J connectivity index is 1.81. The fourth-order valence-electron chi connectivity index (χ4n) is 3.01. The van der Waals surface area contributed by atoms with Crippen LogP contribution in [0.15, 0.2) is 6.07 Å². The predicted octanol–water partition coefficient (Wildman–Crippen LogP) is 3.01. The number of thiophene rings is 1. The van der Waals surface area contributed by atoms with Crippen molar-refractivity contribution in [2.24, 2.45) is 0 Å². The Morgan fingerprint density at radius 2 is 1.96 bits per heavy atom. The van der Waals surface area contributed by atoms with E-state index in [2.05, 4.69) is 29.8 Å². The van der Waals surface area contributed by atoms with Crippen molar-refractivity contribution >= 4 is 33.3 Å². The van der Waals surface area contributed by atoms with Gasteiger partial charge in [-0.1, -0.05) is 13.8 Å². The molecule has 0 saturated carbocycles. The summed E-state index contributed by atoms with van der Waals surface area (Å²) < 4.78 is 0. The van der Waals surface area contributed by atoms with Crippen LogP contribution in [0.4, 0.5) is 5.82 Å². The molecule has 0 bridgehead atoms. The van der Waals surface area contributed by atoms with Gasteiger partial charge >= 0.3 is 0 Å². The Labute approximate surface area is 141 Å². The van der Waals surface area contributed by atoms with E-state index >= 15 is 0 Å². The molecule has 2 aromatic heterocycles. The van der Waals surface area contributed by atoms with Crippen LogP contribution >= 0.6 is 11.3 Å². The average molecular weight is 332 g/mol. The molecule has 0 radical (unpaired) electrons. The minimum atomic E-state index is 0.278. The van der Waals surface area contributed by atoms with Gasteiger partial charge in [-0.05, 0) is 25.8 Å². The summed E-state index contributed by atoms with van der Waals surface area (Å²) >= 11 is 1.76. The van der Waals surface area contributed by atoms with Crippen molar-refractivity contribution in [1.82, 2.24) is 14.9 Å². The number of aromatic nitrogens is 2. The molecule has 0 aliphatic carbocycles. The summed E-state index contributed by atoms with van der Waals surface area (Å²) in [6, 6.07) is 2.23. The van der Waals surface area contributed by atoms with Crippen LogP contribution in [0.3, 0.4) is 0 Å². The fraction of sp³-hybridized carbons (Fsp3) is 0.588. The predicted molar refractivity (Wildman–Crippen MR) is 95.2 cm³/mol. The largest absolute Gasteiger partial charge is 0.352 e. The quantitative estimate of drug-likeness (QED) is 0.863. The number of aryl methyl sites for hydroxylation is 2. The lowest BCUT2D eigenvalue weighted by Crippen LogP contribution is -2.49. The fourth-order valence-corrected chi connectivity index (χ4v) is 4.02. The number of carbonyl (C=O) groups excluding carboxylic acids is 1. The second kappa shape index (κ2) is 6.83. The van der Waals surface area contributed by atoms with Crippen molar-refractivity contribution in [3.63, 3.8) is 0 Å². The van der Waals surface area contributed by atoms with Gasteiger partial charge in [0.05, 0.1) is 5.39 Å². The third-order valence-electron chi connectivity index (χ3n) is 4.28. The molecule has 5 nitrogen and oxygen atoms in total. The molecule has 0 aromatic carbocycles. The molecule has 2 aromatic rings. The second-order valence-electron chi connectivity index (χ2n) is 6.00. The molecule has 6 heteroatoms. The molecule has 23 heavy (non-hydrogen) atoms. The molecule has 1 fully saturated rings. The summed E-state index contributed by atoms with van der Waals surface area (Å²) in [6.45, 7) is 9.44. The molecular weight excluding hydrogens is 308 g/mol. The first-order valence-electron chi connectivity index (χ1n) is 8.42. The summed E-state index contributed by atoms with van der Waals surface area (Å²) in [4.78, 5) is 28.0. The Morgan fingerprint density at radius 3 is 2.61 bits per heavy atom. The highest BCUT2D eigenvalue weighted by molar-refractivity contribution is 7.18. The van der Waals surface area contributed by atoms with E-state index in [1.807, 2.05) is 11.8 Å². The molecule has 0 N–H and O–H groups in total. The van der Waals surface area contributed by atoms with E-state index in [4.69, 9.17) is 4.98 Å². The first kappa shape index (κ1) is 16.2. The number of amides is 1. The highest BCUT2D eigenvalue weighted by atomic mass is 32.1. The number of carbonyl (C=O) groups is 1. The van der Waals surface area contributed by atoms with Crippen LogP contribution < -0.4 is 4.90 Å². The number of piperazine rings is 1. The molecular formula is C17H24N4OS. The number of hydrogen-bond donors (Lipinski definition) is 0. The van der Waals surface area contributed by atoms with Gasteiger partial charge in [0.25, 0.3) is 0 Å². The van der Waals surface area contributed by atoms with Gasteiger partial charge in [0.15, 0.2) is 0 Å². The third kappa shape index (κ3) is 3.32. The Kier molecular flexibility index (Phi) is 4.80. The lowest BCUT2D eigenvalue weighted by molar-refractivity contribution is -0.131. The average Bonchev–Trinajstić information content (AvgIpc) is 2.97. The normalized spacial score (nSPS) is 15.4. The maximum Gasteiger partial charge on any atom is 0.222 e. The van der Waals surface area contributed by atoms with Crippen molar-refractivity contribution in [1.29, 1.82) is 0 Å². The molecule has 1 amide bonds. The van der Waals surface area contributed by atoms with Crippen molar-refractivity contribution in [3.05, 3.63) is 16.8 Å². The van der Waals surface area contributed by atoms with Crippen LogP contribution in [-0.4, -0.2) is 47.0 Å². The van der Waals surface area contributed by atoms with E-state index < -0.39 is 0 Å². The molecule has 3 heterocycles. The van der Waals surface area contributed by atoms with Gasteiger partial charge in [0, 0.05) is 37.5 Å². The lowest BCUT2D eigenvalue weighted by Gasteiger charge is -2.35. The van der Waals surface area contributed by atoms with Crippen molar-refractivity contribution in [3.8, 4) is 0 Å². The van der Waals surface area contributed by atoms with Crippen LogP contribution in [0.25, 0.3) is 10.2 Å². The maximum absolute atomic E-state index is 12.0. The van der Waals surface area contributed by atoms with Gasteiger partial charge in [-0.15, -0.1) is 11.3 Å². The number of hydrogen-bond acceptors (Lipinski definition) is 5. The maximum atomic E-state index is 12.0. The zero-order valence-corrected chi connectivity index (χ0v) is 14.9. The number of fused-ring (bicyclic) bond motifs is 1. The van der Waals surface area contributed by atoms with Crippen LogP contribution in [0.2, 0.25) is 0 Å². The Hall–Kier alpha value is -1.69. The molecule has 1 saturated heterocycles. The standard InChI is InChI=1S/C17H24N4OS/c1-4-6-15(22)20-7-9-21(10-8-20)16-14-11-13(5-2)23-17(14)19-12(3)18-16/h11H,4-10H2,1-3H3. The van der Waals surface area contributed by atoms with E-state index in [0.29, 0.717) is 6.42 Å². The summed E-state index contributed by atoms with van der Waals surface area (Å²) in [6.07, 6.45) is 2.60.